The van der Waals surface area contributed by atoms with Gasteiger partial charge in [-0.2, -0.15) is 5.06 Å². The van der Waals surface area contributed by atoms with E-state index in [-0.39, 0.29) is 12.6 Å². The fourth-order valence-corrected chi connectivity index (χ4v) is 5.36. The Morgan fingerprint density at radius 3 is 2.57 bits per heavy atom. The van der Waals surface area contributed by atoms with Gasteiger partial charge < -0.3 is 0 Å². The number of benzene rings is 1. The van der Waals surface area contributed by atoms with Gasteiger partial charge in [-0.3, -0.25) is 4.84 Å². The molecule has 2 aliphatic rings. The summed E-state index contributed by atoms with van der Waals surface area (Å²) in [6, 6.07) is 6.98. The lowest BCUT2D eigenvalue weighted by molar-refractivity contribution is -0.110. The predicted octanol–water partition coefficient (Wildman–Crippen LogP) is 2.05. The molecule has 116 valence electrons. The number of rotatable bonds is 3. The van der Waals surface area contributed by atoms with Crippen molar-refractivity contribution in [1.82, 2.24) is 9.37 Å². The Morgan fingerprint density at radius 1 is 1.24 bits per heavy atom. The molecular weight excluding hydrogens is 312 g/mol. The van der Waals surface area contributed by atoms with Crippen molar-refractivity contribution >= 4 is 21.6 Å². The van der Waals surface area contributed by atoms with E-state index in [1.54, 1.807) is 22.5 Å². The first-order valence-electron chi connectivity index (χ1n) is 7.11. The molecule has 5 nitrogen and oxygen atoms in total. The molecule has 0 bridgehead atoms. The van der Waals surface area contributed by atoms with Gasteiger partial charge in [0.05, 0.1) is 12.6 Å². The van der Waals surface area contributed by atoms with E-state index in [1.165, 1.54) is 0 Å². The number of sulfonamides is 1. The number of hydrogen-bond donors (Lipinski definition) is 0. The van der Waals surface area contributed by atoms with Crippen LogP contribution in [0.25, 0.3) is 0 Å². The van der Waals surface area contributed by atoms with Crippen molar-refractivity contribution in [2.75, 3.05) is 26.7 Å². The van der Waals surface area contributed by atoms with E-state index in [4.69, 9.17) is 16.4 Å². The zero-order valence-corrected chi connectivity index (χ0v) is 13.5. The molecule has 0 aliphatic carbocycles. The molecule has 2 saturated heterocycles. The number of hydroxylamine groups is 2. The fourth-order valence-electron chi connectivity index (χ4n) is 3.09. The molecule has 0 aromatic heterocycles. The van der Waals surface area contributed by atoms with Crippen LogP contribution in [0.5, 0.6) is 0 Å². The summed E-state index contributed by atoms with van der Waals surface area (Å²) in [5, 5.41) is 1.57. The smallest absolute Gasteiger partial charge is 0.221 e. The summed E-state index contributed by atoms with van der Waals surface area (Å²) in [4.78, 5) is 5.50. The molecule has 3 rings (SSSR count). The van der Waals surface area contributed by atoms with Gasteiger partial charge in [0.1, 0.15) is 5.25 Å². The van der Waals surface area contributed by atoms with Crippen molar-refractivity contribution in [3.05, 3.63) is 34.9 Å². The molecular formula is C14H19ClN2O3S. The number of nitrogens with zero attached hydrogens (tertiary/aromatic N) is 2. The lowest BCUT2D eigenvalue weighted by atomic mass is 10.0. The monoisotopic (exact) mass is 330 g/mol. The molecule has 1 aromatic rings. The van der Waals surface area contributed by atoms with Crippen LogP contribution < -0.4 is 0 Å². The Hall–Kier alpha value is -0.660. The third-order valence-electron chi connectivity index (χ3n) is 4.22. The topological polar surface area (TPSA) is 49.9 Å². The van der Waals surface area contributed by atoms with Gasteiger partial charge in [-0.25, -0.2) is 12.7 Å². The Kier molecular flexibility index (Phi) is 4.25. The highest BCUT2D eigenvalue weighted by molar-refractivity contribution is 7.89. The van der Waals surface area contributed by atoms with E-state index < -0.39 is 15.3 Å². The summed E-state index contributed by atoms with van der Waals surface area (Å²) < 4.78 is 27.3. The summed E-state index contributed by atoms with van der Waals surface area (Å²) in [7, 11) is -1.62. The van der Waals surface area contributed by atoms with Gasteiger partial charge in [-0.05, 0) is 24.5 Å². The van der Waals surface area contributed by atoms with Crippen LogP contribution in [0.2, 0.25) is 5.02 Å². The SMILES string of the molecule is CN1OC[C@@H](S(=O)(=O)N2CCCC2)[C@H]1c1ccccc1Cl. The van der Waals surface area contributed by atoms with Crippen LogP contribution in [-0.2, 0) is 14.9 Å². The highest BCUT2D eigenvalue weighted by atomic mass is 35.5. The van der Waals surface area contributed by atoms with E-state index in [0.717, 1.165) is 18.4 Å². The van der Waals surface area contributed by atoms with Crippen LogP contribution in [-0.4, -0.2) is 49.8 Å². The molecule has 21 heavy (non-hydrogen) atoms. The van der Waals surface area contributed by atoms with Crippen LogP contribution in [0.4, 0.5) is 0 Å². The van der Waals surface area contributed by atoms with Gasteiger partial charge >= 0.3 is 0 Å². The minimum Gasteiger partial charge on any atom is -0.297 e. The van der Waals surface area contributed by atoms with Crippen molar-refractivity contribution in [2.45, 2.75) is 24.1 Å². The maximum Gasteiger partial charge on any atom is 0.221 e. The zero-order valence-electron chi connectivity index (χ0n) is 11.9. The van der Waals surface area contributed by atoms with Crippen LogP contribution in [0, 0.1) is 0 Å². The lowest BCUT2D eigenvalue weighted by Gasteiger charge is -2.26. The van der Waals surface area contributed by atoms with Crippen molar-refractivity contribution in [3.8, 4) is 0 Å². The molecule has 0 saturated carbocycles. The van der Waals surface area contributed by atoms with E-state index in [2.05, 4.69) is 0 Å². The Morgan fingerprint density at radius 2 is 1.90 bits per heavy atom. The maximum absolute atomic E-state index is 12.9. The Balaban J connectivity index is 1.96. The molecule has 2 heterocycles. The third-order valence-corrected chi connectivity index (χ3v) is 6.81. The first-order chi connectivity index (χ1) is 10.0. The molecule has 2 aliphatic heterocycles. The van der Waals surface area contributed by atoms with Crippen molar-refractivity contribution in [3.63, 3.8) is 0 Å². The molecule has 0 spiro atoms. The van der Waals surface area contributed by atoms with Crippen molar-refractivity contribution in [2.24, 2.45) is 0 Å². The van der Waals surface area contributed by atoms with Gasteiger partial charge in [0, 0.05) is 25.2 Å². The molecule has 0 amide bonds. The molecule has 2 atom stereocenters. The third kappa shape index (κ3) is 2.71. The van der Waals surface area contributed by atoms with Gasteiger partial charge in [0.2, 0.25) is 10.0 Å². The van der Waals surface area contributed by atoms with Crippen molar-refractivity contribution < 1.29 is 13.3 Å². The van der Waals surface area contributed by atoms with Crippen LogP contribution in [0.1, 0.15) is 24.4 Å². The number of halogens is 1. The zero-order chi connectivity index (χ0) is 15.0. The Labute approximate surface area is 130 Å². The van der Waals surface area contributed by atoms with E-state index >= 15 is 0 Å². The summed E-state index contributed by atoms with van der Waals surface area (Å²) in [5.74, 6) is 0. The van der Waals surface area contributed by atoms with Crippen LogP contribution in [0.15, 0.2) is 24.3 Å². The maximum atomic E-state index is 12.9. The van der Waals surface area contributed by atoms with E-state index in [9.17, 15) is 8.42 Å². The van der Waals surface area contributed by atoms with Gasteiger partial charge in [-0.1, -0.05) is 29.8 Å². The van der Waals surface area contributed by atoms with E-state index in [0.29, 0.717) is 18.1 Å². The molecule has 0 unspecified atom stereocenters. The predicted molar refractivity (Wildman–Crippen MR) is 81.4 cm³/mol. The molecule has 7 heteroatoms. The highest BCUT2D eigenvalue weighted by Crippen LogP contribution is 2.38. The quantitative estimate of drug-likeness (QED) is 0.851. The second kappa shape index (κ2) is 5.85. The normalized spacial score (nSPS) is 28.3. The molecule has 0 radical (unpaired) electrons. The molecule has 1 aromatic carbocycles. The largest absolute Gasteiger partial charge is 0.297 e. The standard InChI is InChI=1S/C14H19ClN2O3S/c1-16-14(11-6-2-3-7-12(11)15)13(10-20-16)21(18,19)17-8-4-5-9-17/h2-3,6-7,13-14H,4-5,8-10H2,1H3/t13-,14-/m1/s1. The average molecular weight is 331 g/mol. The van der Waals surface area contributed by atoms with Gasteiger partial charge in [0.15, 0.2) is 0 Å². The second-order valence-corrected chi connectivity index (χ2v) is 8.06. The molecule has 2 fully saturated rings. The summed E-state index contributed by atoms with van der Waals surface area (Å²) in [6.45, 7) is 1.39. The van der Waals surface area contributed by atoms with Gasteiger partial charge in [-0.15, -0.1) is 0 Å². The summed E-state index contributed by atoms with van der Waals surface area (Å²) >= 11 is 6.25. The van der Waals surface area contributed by atoms with Crippen LogP contribution in [0.3, 0.4) is 0 Å². The van der Waals surface area contributed by atoms with Gasteiger partial charge in [0.25, 0.3) is 0 Å². The molecule has 0 N–H and O–H groups in total. The first-order valence-corrected chi connectivity index (χ1v) is 8.99. The van der Waals surface area contributed by atoms with Crippen molar-refractivity contribution in [1.29, 1.82) is 0 Å². The Bertz CT molecular complexity index is 616. The lowest BCUT2D eigenvalue weighted by Crippen LogP contribution is -2.41. The highest BCUT2D eigenvalue weighted by Gasteiger charge is 2.46. The first kappa shape index (κ1) is 15.2. The second-order valence-electron chi connectivity index (χ2n) is 5.50. The number of hydrogen-bond acceptors (Lipinski definition) is 4. The minimum absolute atomic E-state index is 0.172. The average Bonchev–Trinajstić information content (AvgIpc) is 3.09. The fraction of sp³-hybridized carbons (Fsp3) is 0.571. The summed E-state index contributed by atoms with van der Waals surface area (Å²) in [6.07, 6.45) is 1.86. The van der Waals surface area contributed by atoms with E-state index in [1.807, 2.05) is 18.2 Å². The van der Waals surface area contributed by atoms with Crippen LogP contribution >= 0.6 is 11.6 Å². The summed E-state index contributed by atoms with van der Waals surface area (Å²) in [5.41, 5.74) is 0.798. The minimum atomic E-state index is -3.38.